The number of ether oxygens (including phenoxy) is 4. The molecule has 4 atom stereocenters. The number of hydrogen-bond donors (Lipinski definition) is 6. The van der Waals surface area contributed by atoms with Gasteiger partial charge in [0.25, 0.3) is 0 Å². The van der Waals surface area contributed by atoms with Crippen LogP contribution in [0, 0.1) is 11.8 Å². The molecule has 0 saturated carbocycles. The Hall–Kier alpha value is -3.44. The summed E-state index contributed by atoms with van der Waals surface area (Å²) in [5, 5.41) is 25.2. The molecule has 65 heavy (non-hydrogen) atoms. The highest BCUT2D eigenvalue weighted by molar-refractivity contribution is 7.80. The van der Waals surface area contributed by atoms with Crippen LogP contribution in [0.25, 0.3) is 0 Å². The normalized spacial score (nSPS) is 16.5. The average molecular weight is 947 g/mol. The number of ketones is 1. The molecule has 1 aliphatic rings. The van der Waals surface area contributed by atoms with E-state index >= 15 is 0 Å². The summed E-state index contributed by atoms with van der Waals surface area (Å²) in [5.74, 6) is 2.74. The van der Waals surface area contributed by atoms with E-state index in [2.05, 4.69) is 31.4 Å². The van der Waals surface area contributed by atoms with Crippen LogP contribution in [0.15, 0.2) is 10.1 Å². The third-order valence-electron chi connectivity index (χ3n) is 10.1. The number of aliphatic imine (C=N–C) groups is 1. The topological polar surface area (TPSA) is 271 Å². The van der Waals surface area contributed by atoms with E-state index in [0.29, 0.717) is 84.1 Å². The molecule has 0 bridgehead atoms. The molecular weight excluding hydrogens is 865 g/mol. The van der Waals surface area contributed by atoms with E-state index in [1.807, 2.05) is 60.3 Å². The Bertz CT molecular complexity index is 1540. The van der Waals surface area contributed by atoms with Gasteiger partial charge in [-0.25, -0.2) is 4.21 Å². The van der Waals surface area contributed by atoms with Gasteiger partial charge in [0.2, 0.25) is 23.6 Å². The molecule has 1 heterocycles. The van der Waals surface area contributed by atoms with Crippen LogP contribution in [0.3, 0.4) is 0 Å². The summed E-state index contributed by atoms with van der Waals surface area (Å²) in [6, 6.07) is -2.12. The van der Waals surface area contributed by atoms with Crippen molar-refractivity contribution in [1.82, 2.24) is 26.2 Å². The minimum atomic E-state index is -2.09. The summed E-state index contributed by atoms with van der Waals surface area (Å²) < 4.78 is 40.5. The monoisotopic (exact) mass is 947 g/mol. The van der Waals surface area contributed by atoms with Crippen molar-refractivity contribution in [1.29, 1.82) is 0 Å². The second kappa shape index (κ2) is 31.5. The number of methoxy groups -OCH3 is 1. The van der Waals surface area contributed by atoms with E-state index in [-0.39, 0.29) is 55.0 Å². The Labute approximate surface area is 389 Å². The second-order valence-corrected chi connectivity index (χ2v) is 19.9. The number of nitrogens with one attached hydrogen (secondary N) is 4. The van der Waals surface area contributed by atoms with Gasteiger partial charge in [-0.3, -0.25) is 38.0 Å². The summed E-state index contributed by atoms with van der Waals surface area (Å²) >= 11 is -1.80. The van der Waals surface area contributed by atoms with E-state index in [1.54, 1.807) is 13.3 Å². The minimum Gasteiger partial charge on any atom is -0.385 e. The molecule has 7 N–H and O–H groups in total. The zero-order chi connectivity index (χ0) is 49.1. The third-order valence-corrected chi connectivity index (χ3v) is 11.1. The molecular formula is C44H82N8O12S. The minimum absolute atomic E-state index is 0.00479. The Balaban J connectivity index is 2.53. The molecule has 1 aliphatic heterocycles. The number of morpholine rings is 1. The predicted molar refractivity (Wildman–Crippen MR) is 251 cm³/mol. The summed E-state index contributed by atoms with van der Waals surface area (Å²) in [5.41, 5.74) is -2.29. The van der Waals surface area contributed by atoms with Crippen molar-refractivity contribution in [2.75, 3.05) is 91.8 Å². The number of aliphatic hydroxyl groups is 1. The van der Waals surface area contributed by atoms with Crippen LogP contribution in [0.5, 0.6) is 0 Å². The van der Waals surface area contributed by atoms with Crippen LogP contribution in [0.2, 0.25) is 0 Å². The number of carbonyl (C=O) groups excluding carboxylic acids is 5. The van der Waals surface area contributed by atoms with Gasteiger partial charge in [0, 0.05) is 38.8 Å². The lowest BCUT2D eigenvalue weighted by Gasteiger charge is -2.32. The number of hydrogen-bond acceptors (Lipinski definition) is 16. The molecule has 1 saturated heterocycles. The summed E-state index contributed by atoms with van der Waals surface area (Å²) in [7, 11) is 1.67. The Morgan fingerprint density at radius 1 is 0.831 bits per heavy atom. The van der Waals surface area contributed by atoms with Crippen molar-refractivity contribution in [2.24, 2.45) is 27.8 Å². The lowest BCUT2D eigenvalue weighted by molar-refractivity contribution is -0.143. The number of Topliss-reactive ketones (excluding diaryl/α,β-unsaturated/α-hetero) is 1. The molecule has 1 fully saturated rings. The first-order valence-corrected chi connectivity index (χ1v) is 24.0. The molecule has 0 spiro atoms. The first-order valence-electron chi connectivity index (χ1n) is 22.7. The first kappa shape index (κ1) is 59.6. The van der Waals surface area contributed by atoms with Gasteiger partial charge >= 0.3 is 0 Å². The Morgan fingerprint density at radius 3 is 2.06 bits per heavy atom. The van der Waals surface area contributed by atoms with Crippen LogP contribution in [0.4, 0.5) is 0 Å². The van der Waals surface area contributed by atoms with Crippen molar-refractivity contribution in [3.63, 3.8) is 0 Å². The van der Waals surface area contributed by atoms with Crippen LogP contribution >= 0.6 is 0 Å². The average Bonchev–Trinajstić information content (AvgIpc) is 3.23. The highest BCUT2D eigenvalue weighted by atomic mass is 32.2. The molecule has 0 aromatic rings. The number of carbonyl (C=O) groups is 5. The fourth-order valence-electron chi connectivity index (χ4n) is 6.31. The van der Waals surface area contributed by atoms with E-state index in [0.717, 1.165) is 6.42 Å². The molecule has 2 unspecified atom stereocenters. The molecule has 1 rings (SSSR count). The lowest BCUT2D eigenvalue weighted by Crippen LogP contribution is -2.55. The quantitative estimate of drug-likeness (QED) is 0.0226. The van der Waals surface area contributed by atoms with E-state index in [9.17, 15) is 33.3 Å². The van der Waals surface area contributed by atoms with Gasteiger partial charge in [-0.05, 0) is 85.0 Å². The van der Waals surface area contributed by atoms with Gasteiger partial charge in [0.05, 0.1) is 82.2 Å². The number of nitrogens with two attached hydrogens (primary N) is 1. The third kappa shape index (κ3) is 28.4. The highest BCUT2D eigenvalue weighted by Crippen LogP contribution is 2.20. The molecule has 0 aromatic heterocycles. The van der Waals surface area contributed by atoms with Gasteiger partial charge in [-0.2, -0.15) is 5.10 Å². The highest BCUT2D eigenvalue weighted by Gasteiger charge is 2.38. The molecule has 0 aromatic carbocycles. The molecule has 21 heteroatoms. The number of nitrogens with zero attached hydrogens (tertiary/aromatic N) is 3. The number of hydrazone groups is 1. The van der Waals surface area contributed by atoms with Crippen molar-refractivity contribution in [2.45, 2.75) is 136 Å². The molecule has 20 nitrogen and oxygen atoms in total. The maximum Gasteiger partial charge on any atom is 0.243 e. The van der Waals surface area contributed by atoms with Gasteiger partial charge in [0.15, 0.2) is 16.9 Å². The smallest absolute Gasteiger partial charge is 0.243 e. The Morgan fingerprint density at radius 2 is 1.45 bits per heavy atom. The van der Waals surface area contributed by atoms with Crippen LogP contribution in [-0.2, 0) is 58.2 Å². The summed E-state index contributed by atoms with van der Waals surface area (Å²) in [4.78, 5) is 71.0. The number of rotatable bonds is 35. The van der Waals surface area contributed by atoms with Crippen LogP contribution in [-0.4, -0.2) is 176 Å². The van der Waals surface area contributed by atoms with Gasteiger partial charge < -0.3 is 51.2 Å². The maximum absolute atomic E-state index is 13.5. The zero-order valence-corrected chi connectivity index (χ0v) is 41.6. The largest absolute Gasteiger partial charge is 0.385 e. The molecule has 0 aliphatic carbocycles. The standard InChI is InChI=1S/C44H82N8O12S/c1-32(2)24-35(49-38(54)28-48-41(57)36(25-33(3)4)50-37(53)27-47-39(55)29-52-17-21-61-22-18-52)40(56)44(9,58)31-64-65(59)23-13-11-12-14-34(51-45)26-46-16-20-62-43(7,8)30-63-42(5,6)15-19-60-10/h26,32-33,35-36,58H,11-25,27-31,45H2,1-10H3,(H,47,55)(H,48,57)(H,49,54)(H,50,53)/t35-,36-,44?,65?/m0/s1. The van der Waals surface area contributed by atoms with Gasteiger partial charge in [-0.1, -0.05) is 34.1 Å². The van der Waals surface area contributed by atoms with Gasteiger partial charge in [0.1, 0.15) is 11.6 Å². The van der Waals surface area contributed by atoms with Crippen LogP contribution in [0.1, 0.15) is 107 Å². The predicted octanol–water partition coefficient (Wildman–Crippen LogP) is 1.19. The van der Waals surface area contributed by atoms with Crippen LogP contribution < -0.4 is 27.1 Å². The van der Waals surface area contributed by atoms with Crippen molar-refractivity contribution >= 4 is 52.4 Å². The zero-order valence-electron chi connectivity index (χ0n) is 40.8. The van der Waals surface area contributed by atoms with Crippen molar-refractivity contribution < 1.29 is 56.4 Å². The van der Waals surface area contributed by atoms with E-state index in [4.69, 9.17) is 29.0 Å². The fourth-order valence-corrected chi connectivity index (χ4v) is 7.23. The van der Waals surface area contributed by atoms with E-state index in [1.165, 1.54) is 6.92 Å². The van der Waals surface area contributed by atoms with E-state index < -0.39 is 71.0 Å². The molecule has 0 radical (unpaired) electrons. The first-order chi connectivity index (χ1) is 30.5. The SMILES string of the molecule is COCCC(C)(C)OCC(C)(C)OCCN=CC(CCCCCS(=O)OCC(C)(O)C(=O)[C@H](CC(C)C)NC(=O)CNC(=O)[C@H](CC(C)C)NC(=O)CNC(=O)CN1CCOCC1)=NN. The second-order valence-electron chi connectivity index (χ2n) is 18.7. The number of unbranched alkanes of at least 4 members (excludes halogenated alkanes) is 2. The maximum atomic E-state index is 13.5. The number of amides is 4. The Kier molecular flexibility index (Phi) is 28.9. The fraction of sp³-hybridized carbons (Fsp3) is 0.841. The summed E-state index contributed by atoms with van der Waals surface area (Å²) in [6.07, 6.45) is 5.33. The van der Waals surface area contributed by atoms with Crippen molar-refractivity contribution in [3.8, 4) is 0 Å². The summed E-state index contributed by atoms with van der Waals surface area (Å²) in [6.45, 7) is 19.5. The molecule has 376 valence electrons. The molecule has 4 amide bonds. The van der Waals surface area contributed by atoms with Crippen molar-refractivity contribution in [3.05, 3.63) is 0 Å². The van der Waals surface area contributed by atoms with Gasteiger partial charge in [-0.15, -0.1) is 0 Å². The lowest BCUT2D eigenvalue weighted by atomic mass is 9.90.